The van der Waals surface area contributed by atoms with Crippen LogP contribution in [0.3, 0.4) is 0 Å². The summed E-state index contributed by atoms with van der Waals surface area (Å²) in [6, 6.07) is -0.0599. The summed E-state index contributed by atoms with van der Waals surface area (Å²) in [5.74, 6) is 0.751. The highest BCUT2D eigenvalue weighted by atomic mass is 35.5. The molecule has 0 spiro atoms. The van der Waals surface area contributed by atoms with Crippen LogP contribution in [0.15, 0.2) is 4.21 Å². The van der Waals surface area contributed by atoms with Crippen LogP contribution in [0, 0.1) is 6.92 Å². The fraction of sp³-hybridized carbons (Fsp3) is 0.667. The quantitative estimate of drug-likeness (QED) is 0.876. The average Bonchev–Trinajstić information content (AvgIpc) is 2.57. The Balaban J connectivity index is 2.92. The minimum atomic E-state index is -3.50. The van der Waals surface area contributed by atoms with Gasteiger partial charge >= 0.3 is 0 Å². The van der Waals surface area contributed by atoms with E-state index in [0.717, 1.165) is 23.5 Å². The lowest BCUT2D eigenvalue weighted by Gasteiger charge is -2.15. The van der Waals surface area contributed by atoms with Crippen LogP contribution in [0.4, 0.5) is 0 Å². The van der Waals surface area contributed by atoms with E-state index in [2.05, 4.69) is 9.71 Å². The van der Waals surface area contributed by atoms with Gasteiger partial charge in [-0.05, 0) is 19.6 Å². The van der Waals surface area contributed by atoms with Gasteiger partial charge in [0.25, 0.3) is 10.0 Å². The number of hydrogen-bond donors (Lipinski definition) is 1. The highest BCUT2D eigenvalue weighted by Crippen LogP contribution is 2.26. The number of aryl methyl sites for hydroxylation is 1. The summed E-state index contributed by atoms with van der Waals surface area (Å²) in [6.45, 7) is 3.60. The fourth-order valence-corrected chi connectivity index (χ4v) is 5.21. The van der Waals surface area contributed by atoms with E-state index in [1.807, 2.05) is 13.2 Å². The van der Waals surface area contributed by atoms with Crippen molar-refractivity contribution in [3.8, 4) is 0 Å². The third kappa shape index (κ3) is 4.10. The summed E-state index contributed by atoms with van der Waals surface area (Å²) < 4.78 is 27.3. The van der Waals surface area contributed by atoms with Gasteiger partial charge in [0.05, 0.1) is 5.69 Å². The third-order valence-corrected chi connectivity index (χ3v) is 6.28. The smallest absolute Gasteiger partial charge is 0.229 e. The van der Waals surface area contributed by atoms with E-state index in [-0.39, 0.29) is 14.7 Å². The molecule has 0 saturated heterocycles. The summed E-state index contributed by atoms with van der Waals surface area (Å²) >= 11 is 8.32. The fourth-order valence-electron chi connectivity index (χ4n) is 1.31. The molecule has 0 bridgehead atoms. The zero-order valence-electron chi connectivity index (χ0n) is 9.86. The first-order valence-corrected chi connectivity index (χ1v) is 9.12. The molecule has 8 heteroatoms. The molecule has 1 rings (SSSR count). The topological polar surface area (TPSA) is 59.1 Å². The molecule has 0 saturated carbocycles. The first-order chi connectivity index (χ1) is 7.90. The maximum atomic E-state index is 12.1. The highest BCUT2D eigenvalue weighted by molar-refractivity contribution is 7.98. The number of nitrogens with zero attached hydrogens (tertiary/aromatic N) is 1. The Hall–Kier alpha value is 0.180. The van der Waals surface area contributed by atoms with Crippen molar-refractivity contribution >= 4 is 44.7 Å². The Bertz CT molecular complexity index is 473. The standard InChI is InChI=1S/C9H15ClN2O2S3/c1-4-7(5-15-3)12-17(13,14)8-6(2)11-9(10)16-8/h7,12H,4-5H2,1-3H3. The molecule has 1 heterocycles. The second-order valence-electron chi connectivity index (χ2n) is 3.52. The second kappa shape index (κ2) is 6.38. The monoisotopic (exact) mass is 314 g/mol. The largest absolute Gasteiger partial charge is 0.252 e. The van der Waals surface area contributed by atoms with E-state index in [1.165, 1.54) is 0 Å². The van der Waals surface area contributed by atoms with Gasteiger partial charge in [0.15, 0.2) is 8.68 Å². The van der Waals surface area contributed by atoms with Crippen molar-refractivity contribution < 1.29 is 8.42 Å². The molecular weight excluding hydrogens is 300 g/mol. The molecule has 0 aromatic carbocycles. The number of hydrogen-bond acceptors (Lipinski definition) is 5. The van der Waals surface area contributed by atoms with Gasteiger partial charge in [-0.2, -0.15) is 11.8 Å². The molecular formula is C9H15ClN2O2S3. The molecule has 4 nitrogen and oxygen atoms in total. The van der Waals surface area contributed by atoms with Gasteiger partial charge in [0, 0.05) is 11.8 Å². The van der Waals surface area contributed by atoms with Crippen molar-refractivity contribution in [2.24, 2.45) is 0 Å². The average molecular weight is 315 g/mol. The molecule has 0 aliphatic carbocycles. The van der Waals surface area contributed by atoms with Gasteiger partial charge in [-0.3, -0.25) is 0 Å². The molecule has 0 aliphatic rings. The summed E-state index contributed by atoms with van der Waals surface area (Å²) in [7, 11) is -3.50. The van der Waals surface area contributed by atoms with Crippen LogP contribution in [0.5, 0.6) is 0 Å². The third-order valence-electron chi connectivity index (χ3n) is 2.15. The lowest BCUT2D eigenvalue weighted by Crippen LogP contribution is -2.36. The predicted octanol–water partition coefficient (Wildman–Crippen LogP) is 2.52. The van der Waals surface area contributed by atoms with Gasteiger partial charge < -0.3 is 0 Å². The van der Waals surface area contributed by atoms with Crippen molar-refractivity contribution in [1.29, 1.82) is 0 Å². The first-order valence-electron chi connectivity index (χ1n) is 5.05. The number of nitrogens with one attached hydrogen (secondary N) is 1. The normalized spacial score (nSPS) is 13.9. The Labute approximate surface area is 115 Å². The summed E-state index contributed by atoms with van der Waals surface area (Å²) in [5, 5.41) is 0. The Kier molecular flexibility index (Phi) is 5.72. The SMILES string of the molecule is CCC(CSC)NS(=O)(=O)c1sc(Cl)nc1C. The molecule has 0 fully saturated rings. The zero-order valence-corrected chi connectivity index (χ0v) is 13.1. The van der Waals surface area contributed by atoms with Gasteiger partial charge in [-0.25, -0.2) is 18.1 Å². The number of rotatable bonds is 6. The molecule has 1 atom stereocenters. The van der Waals surface area contributed by atoms with E-state index in [1.54, 1.807) is 18.7 Å². The highest BCUT2D eigenvalue weighted by Gasteiger charge is 2.24. The molecule has 0 aliphatic heterocycles. The number of thioether (sulfide) groups is 1. The zero-order chi connectivity index (χ0) is 13.1. The molecule has 1 unspecified atom stereocenters. The minimum absolute atomic E-state index is 0.0599. The van der Waals surface area contributed by atoms with Crippen LogP contribution < -0.4 is 4.72 Å². The first kappa shape index (κ1) is 15.2. The van der Waals surface area contributed by atoms with E-state index in [0.29, 0.717) is 5.69 Å². The number of thiazole rings is 1. The Morgan fingerprint density at radius 3 is 2.65 bits per heavy atom. The number of sulfonamides is 1. The molecule has 1 aromatic heterocycles. The molecule has 1 N–H and O–H groups in total. The van der Waals surface area contributed by atoms with E-state index in [4.69, 9.17) is 11.6 Å². The van der Waals surface area contributed by atoms with E-state index in [9.17, 15) is 8.42 Å². The summed E-state index contributed by atoms with van der Waals surface area (Å²) in [4.78, 5) is 3.92. The lowest BCUT2D eigenvalue weighted by atomic mass is 10.3. The van der Waals surface area contributed by atoms with Crippen LogP contribution in [0.2, 0.25) is 4.47 Å². The van der Waals surface area contributed by atoms with Crippen molar-refractivity contribution in [3.63, 3.8) is 0 Å². The number of aromatic nitrogens is 1. The van der Waals surface area contributed by atoms with Crippen LogP contribution >= 0.6 is 34.7 Å². The Morgan fingerprint density at radius 2 is 2.24 bits per heavy atom. The van der Waals surface area contributed by atoms with Gasteiger partial charge in [0.2, 0.25) is 0 Å². The van der Waals surface area contributed by atoms with Crippen LogP contribution in [-0.4, -0.2) is 31.5 Å². The maximum absolute atomic E-state index is 12.1. The van der Waals surface area contributed by atoms with Crippen LogP contribution in [-0.2, 0) is 10.0 Å². The van der Waals surface area contributed by atoms with Crippen molar-refractivity contribution in [1.82, 2.24) is 9.71 Å². The predicted molar refractivity (Wildman–Crippen MR) is 74.6 cm³/mol. The van der Waals surface area contributed by atoms with Gasteiger partial charge in [-0.1, -0.05) is 29.9 Å². The molecule has 0 radical (unpaired) electrons. The summed E-state index contributed by atoms with van der Waals surface area (Å²) in [6.07, 6.45) is 2.71. The minimum Gasteiger partial charge on any atom is -0.229 e. The molecule has 98 valence electrons. The molecule has 17 heavy (non-hydrogen) atoms. The van der Waals surface area contributed by atoms with Crippen molar-refractivity contribution in [3.05, 3.63) is 10.2 Å². The summed E-state index contributed by atoms with van der Waals surface area (Å²) in [5.41, 5.74) is 0.450. The molecule has 1 aromatic rings. The van der Waals surface area contributed by atoms with E-state index >= 15 is 0 Å². The van der Waals surface area contributed by atoms with Crippen molar-refractivity contribution in [2.75, 3.05) is 12.0 Å². The van der Waals surface area contributed by atoms with E-state index < -0.39 is 10.0 Å². The maximum Gasteiger partial charge on any atom is 0.252 e. The second-order valence-corrected chi connectivity index (χ2v) is 7.92. The van der Waals surface area contributed by atoms with Crippen LogP contribution in [0.25, 0.3) is 0 Å². The number of halogens is 1. The lowest BCUT2D eigenvalue weighted by molar-refractivity contribution is 0.559. The van der Waals surface area contributed by atoms with Gasteiger partial charge in [-0.15, -0.1) is 0 Å². The van der Waals surface area contributed by atoms with Gasteiger partial charge in [0.1, 0.15) is 0 Å². The van der Waals surface area contributed by atoms with Crippen molar-refractivity contribution in [2.45, 2.75) is 30.5 Å². The molecule has 0 amide bonds. The van der Waals surface area contributed by atoms with Crippen LogP contribution in [0.1, 0.15) is 19.0 Å². The Morgan fingerprint density at radius 1 is 1.59 bits per heavy atom.